The maximum Gasteiger partial charge on any atom is 0.253 e. The summed E-state index contributed by atoms with van der Waals surface area (Å²) >= 11 is 0. The minimum Gasteiger partial charge on any atom is -0.345 e. The number of nitrogens with zero attached hydrogens (tertiary/aromatic N) is 5. The molecule has 0 fully saturated rings. The molecule has 0 saturated heterocycles. The lowest BCUT2D eigenvalue weighted by atomic mass is 10.1. The monoisotopic (exact) mass is 407 g/mol. The predicted molar refractivity (Wildman–Crippen MR) is 121 cm³/mol. The van der Waals surface area contributed by atoms with Crippen LogP contribution in [0.25, 0.3) is 27.8 Å². The van der Waals surface area contributed by atoms with E-state index in [-0.39, 0.29) is 5.91 Å². The number of benzene rings is 2. The number of aromatic nitrogens is 4. The van der Waals surface area contributed by atoms with Crippen LogP contribution in [0.1, 0.15) is 21.6 Å². The zero-order valence-corrected chi connectivity index (χ0v) is 17.4. The highest BCUT2D eigenvalue weighted by atomic mass is 16.2. The number of pyridine rings is 1. The van der Waals surface area contributed by atoms with Crippen LogP contribution in [0.2, 0.25) is 0 Å². The van der Waals surface area contributed by atoms with Crippen LogP contribution in [-0.4, -0.2) is 44.5 Å². The molecule has 0 aliphatic heterocycles. The van der Waals surface area contributed by atoms with Crippen LogP contribution >= 0.6 is 0 Å². The van der Waals surface area contributed by atoms with E-state index in [1.807, 2.05) is 59.2 Å². The zero-order chi connectivity index (χ0) is 21.4. The van der Waals surface area contributed by atoms with Gasteiger partial charge in [-0.25, -0.2) is 9.50 Å². The van der Waals surface area contributed by atoms with Crippen LogP contribution in [0.15, 0.2) is 79.1 Å². The van der Waals surface area contributed by atoms with Gasteiger partial charge in [0.2, 0.25) is 0 Å². The highest BCUT2D eigenvalue weighted by molar-refractivity contribution is 5.95. The fourth-order valence-corrected chi connectivity index (χ4v) is 3.71. The molecule has 6 heteroatoms. The molecule has 0 saturated carbocycles. The van der Waals surface area contributed by atoms with Crippen LogP contribution < -0.4 is 0 Å². The molecule has 0 aliphatic carbocycles. The lowest BCUT2D eigenvalue weighted by Crippen LogP contribution is -2.21. The summed E-state index contributed by atoms with van der Waals surface area (Å²) < 4.78 is 1.88. The quantitative estimate of drug-likeness (QED) is 0.447. The van der Waals surface area contributed by atoms with Gasteiger partial charge in [0.05, 0.1) is 23.1 Å². The number of hydrogen-bond acceptors (Lipinski definition) is 4. The fraction of sp³-hybridized carbons (Fsp3) is 0.120. The normalized spacial score (nSPS) is 11.2. The van der Waals surface area contributed by atoms with Crippen molar-refractivity contribution in [2.24, 2.45) is 0 Å². The molecule has 152 valence electrons. The van der Waals surface area contributed by atoms with Gasteiger partial charge in [-0.15, -0.1) is 0 Å². The summed E-state index contributed by atoms with van der Waals surface area (Å²) in [5, 5.41) is 5.94. The van der Waals surface area contributed by atoms with E-state index >= 15 is 0 Å². The first-order valence-electron chi connectivity index (χ1n) is 10.1. The summed E-state index contributed by atoms with van der Waals surface area (Å²) in [7, 11) is 3.50. The van der Waals surface area contributed by atoms with Crippen molar-refractivity contribution in [3.8, 4) is 11.3 Å². The molecule has 1 amide bonds. The molecule has 3 aromatic heterocycles. The molecule has 5 rings (SSSR count). The van der Waals surface area contributed by atoms with Crippen LogP contribution in [0, 0.1) is 0 Å². The minimum absolute atomic E-state index is 0.0305. The average molecular weight is 407 g/mol. The molecule has 5 aromatic rings. The molecule has 2 aromatic carbocycles. The van der Waals surface area contributed by atoms with E-state index in [2.05, 4.69) is 28.2 Å². The molecule has 0 spiro atoms. The van der Waals surface area contributed by atoms with Crippen LogP contribution in [-0.2, 0) is 6.42 Å². The molecule has 0 unspecified atom stereocenters. The van der Waals surface area contributed by atoms with Crippen LogP contribution in [0.4, 0.5) is 0 Å². The number of imidazole rings is 1. The Hall–Kier alpha value is -4.06. The Balaban J connectivity index is 1.51. The van der Waals surface area contributed by atoms with E-state index in [1.165, 1.54) is 5.56 Å². The van der Waals surface area contributed by atoms with E-state index < -0.39 is 0 Å². The second kappa shape index (κ2) is 7.65. The Kier molecular flexibility index (Phi) is 4.67. The number of amides is 1. The number of carbonyl (C=O) groups excluding carboxylic acids is 1. The van der Waals surface area contributed by atoms with Crippen molar-refractivity contribution in [1.29, 1.82) is 0 Å². The maximum absolute atomic E-state index is 12.3. The first-order chi connectivity index (χ1) is 15.1. The van der Waals surface area contributed by atoms with Gasteiger partial charge in [-0.1, -0.05) is 24.3 Å². The second-order valence-corrected chi connectivity index (χ2v) is 7.73. The third kappa shape index (κ3) is 3.64. The first-order valence-corrected chi connectivity index (χ1v) is 10.1. The summed E-state index contributed by atoms with van der Waals surface area (Å²) in [6.45, 7) is 0. The van der Waals surface area contributed by atoms with Gasteiger partial charge in [0, 0.05) is 43.2 Å². The molecule has 0 bridgehead atoms. The van der Waals surface area contributed by atoms with Gasteiger partial charge in [-0.3, -0.25) is 9.78 Å². The van der Waals surface area contributed by atoms with Gasteiger partial charge >= 0.3 is 0 Å². The van der Waals surface area contributed by atoms with Crippen molar-refractivity contribution >= 4 is 22.5 Å². The van der Waals surface area contributed by atoms with Gasteiger partial charge < -0.3 is 4.90 Å². The maximum atomic E-state index is 12.3. The summed E-state index contributed by atoms with van der Waals surface area (Å²) in [5.74, 6) is -0.0305. The lowest BCUT2D eigenvalue weighted by molar-refractivity contribution is 0.0827. The Morgan fingerprint density at radius 3 is 2.74 bits per heavy atom. The molecule has 0 atom stereocenters. The first kappa shape index (κ1) is 18.9. The van der Waals surface area contributed by atoms with E-state index in [4.69, 9.17) is 5.10 Å². The predicted octanol–water partition coefficient (Wildman–Crippen LogP) is 4.24. The lowest BCUT2D eigenvalue weighted by Gasteiger charge is -2.11. The third-order valence-corrected chi connectivity index (χ3v) is 5.30. The van der Waals surface area contributed by atoms with Crippen LogP contribution in [0.3, 0.4) is 0 Å². The van der Waals surface area contributed by atoms with Crippen molar-refractivity contribution in [3.05, 3.63) is 95.9 Å². The van der Waals surface area contributed by atoms with Gasteiger partial charge in [0.1, 0.15) is 0 Å². The molecule has 0 aliphatic rings. The van der Waals surface area contributed by atoms with Crippen molar-refractivity contribution in [2.45, 2.75) is 6.42 Å². The molecule has 6 nitrogen and oxygen atoms in total. The molecule has 3 heterocycles. The van der Waals surface area contributed by atoms with Gasteiger partial charge in [0.15, 0.2) is 5.65 Å². The van der Waals surface area contributed by atoms with Crippen LogP contribution in [0.5, 0.6) is 0 Å². The fourth-order valence-electron chi connectivity index (χ4n) is 3.71. The van der Waals surface area contributed by atoms with Crippen molar-refractivity contribution in [3.63, 3.8) is 0 Å². The third-order valence-electron chi connectivity index (χ3n) is 5.30. The largest absolute Gasteiger partial charge is 0.345 e. The minimum atomic E-state index is -0.0305. The number of rotatable bonds is 4. The average Bonchev–Trinajstić information content (AvgIpc) is 3.20. The molecular weight excluding hydrogens is 386 g/mol. The number of hydrogen-bond donors (Lipinski definition) is 0. The van der Waals surface area contributed by atoms with Crippen molar-refractivity contribution in [2.75, 3.05) is 14.1 Å². The summed E-state index contributed by atoms with van der Waals surface area (Å²) in [4.78, 5) is 22.8. The van der Waals surface area contributed by atoms with Gasteiger partial charge in [-0.2, -0.15) is 5.10 Å². The summed E-state index contributed by atoms with van der Waals surface area (Å²) in [6.07, 6.45) is 4.38. The molecular formula is C25H21N5O. The van der Waals surface area contributed by atoms with E-state index in [0.29, 0.717) is 12.0 Å². The summed E-state index contributed by atoms with van der Waals surface area (Å²) in [6, 6.07) is 21.7. The standard InChI is InChI=1S/C25H21N5O/c1-29(2)25(31)20-6-3-5-19(15-20)23-10-11-24-27-16-21(30(24)28-23)14-17-8-9-22-18(13-17)7-4-12-26-22/h3-13,15-16H,14H2,1-2H3. The van der Waals surface area contributed by atoms with E-state index in [9.17, 15) is 4.79 Å². The Morgan fingerprint density at radius 1 is 0.968 bits per heavy atom. The Morgan fingerprint density at radius 2 is 1.87 bits per heavy atom. The highest BCUT2D eigenvalue weighted by Gasteiger charge is 2.12. The molecule has 31 heavy (non-hydrogen) atoms. The number of carbonyl (C=O) groups is 1. The zero-order valence-electron chi connectivity index (χ0n) is 17.4. The van der Waals surface area contributed by atoms with E-state index in [0.717, 1.165) is 33.5 Å². The molecule has 0 N–H and O–H groups in total. The van der Waals surface area contributed by atoms with Crippen molar-refractivity contribution in [1.82, 2.24) is 24.5 Å². The van der Waals surface area contributed by atoms with Crippen molar-refractivity contribution < 1.29 is 4.79 Å². The van der Waals surface area contributed by atoms with Gasteiger partial charge in [-0.05, 0) is 48.0 Å². The second-order valence-electron chi connectivity index (χ2n) is 7.73. The smallest absolute Gasteiger partial charge is 0.253 e. The Bertz CT molecular complexity index is 1420. The SMILES string of the molecule is CN(C)C(=O)c1cccc(-c2ccc3ncc(Cc4ccc5ncccc5c4)n3n2)c1. The Labute approximate surface area is 179 Å². The topological polar surface area (TPSA) is 63.4 Å². The highest BCUT2D eigenvalue weighted by Crippen LogP contribution is 2.21. The molecule has 0 radical (unpaired) electrons. The van der Waals surface area contributed by atoms with E-state index in [1.54, 1.807) is 25.2 Å². The van der Waals surface area contributed by atoms with Gasteiger partial charge in [0.25, 0.3) is 5.91 Å². The summed E-state index contributed by atoms with van der Waals surface area (Å²) in [5.41, 5.74) is 6.28. The number of fused-ring (bicyclic) bond motifs is 2.